The van der Waals surface area contributed by atoms with Gasteiger partial charge < -0.3 is 10.1 Å². The Balaban J connectivity index is 1.72. The Kier molecular flexibility index (Phi) is 4.68. The molecule has 0 saturated heterocycles. The molecule has 0 unspecified atom stereocenters. The first-order valence-electron chi connectivity index (χ1n) is 6.31. The van der Waals surface area contributed by atoms with Gasteiger partial charge in [-0.3, -0.25) is 4.68 Å². The molecule has 4 nitrogen and oxygen atoms in total. The highest BCUT2D eigenvalue weighted by Crippen LogP contribution is 2.14. The molecule has 0 saturated carbocycles. The van der Waals surface area contributed by atoms with E-state index in [-0.39, 0.29) is 0 Å². The van der Waals surface area contributed by atoms with Crippen molar-refractivity contribution >= 4 is 17.3 Å². The van der Waals surface area contributed by atoms with Crippen molar-refractivity contribution in [3.8, 4) is 5.75 Å². The second-order valence-corrected chi connectivity index (χ2v) is 4.97. The predicted octanol–water partition coefficient (Wildman–Crippen LogP) is 3.61. The highest BCUT2D eigenvalue weighted by atomic mass is 35.5. The van der Waals surface area contributed by atoms with Crippen molar-refractivity contribution in [1.82, 2.24) is 9.78 Å². The second-order valence-electron chi connectivity index (χ2n) is 4.53. The number of ether oxygens (including phenoxy) is 1. The van der Waals surface area contributed by atoms with Crippen molar-refractivity contribution in [1.29, 1.82) is 0 Å². The smallest absolute Gasteiger partial charge is 0.157 e. The van der Waals surface area contributed by atoms with Gasteiger partial charge in [-0.1, -0.05) is 11.6 Å². The van der Waals surface area contributed by atoms with E-state index in [1.165, 1.54) is 0 Å². The van der Waals surface area contributed by atoms with Gasteiger partial charge in [0.2, 0.25) is 0 Å². The fourth-order valence-electron chi connectivity index (χ4n) is 1.61. The number of anilines is 1. The van der Waals surface area contributed by atoms with E-state index in [1.54, 1.807) is 6.20 Å². The minimum atomic E-state index is 0.351. The summed E-state index contributed by atoms with van der Waals surface area (Å²) in [5, 5.41) is 8.22. The second kappa shape index (κ2) is 6.48. The number of nitrogens with zero attached hydrogens (tertiary/aromatic N) is 2. The van der Waals surface area contributed by atoms with E-state index in [0.29, 0.717) is 12.6 Å². The topological polar surface area (TPSA) is 39.1 Å². The molecule has 1 aromatic heterocycles. The van der Waals surface area contributed by atoms with Crippen LogP contribution in [0.2, 0.25) is 5.02 Å². The lowest BCUT2D eigenvalue weighted by Gasteiger charge is -2.07. The summed E-state index contributed by atoms with van der Waals surface area (Å²) in [7, 11) is 0. The molecule has 0 bridgehead atoms. The van der Waals surface area contributed by atoms with Gasteiger partial charge in [-0.05, 0) is 38.1 Å². The maximum absolute atomic E-state index is 5.82. The van der Waals surface area contributed by atoms with Crippen LogP contribution in [0, 0.1) is 0 Å². The van der Waals surface area contributed by atoms with E-state index >= 15 is 0 Å². The number of halogens is 1. The Hall–Kier alpha value is -1.68. The monoisotopic (exact) mass is 279 g/mol. The first-order valence-corrected chi connectivity index (χ1v) is 6.69. The minimum absolute atomic E-state index is 0.351. The van der Waals surface area contributed by atoms with Gasteiger partial charge in [0.15, 0.2) is 5.75 Å². The van der Waals surface area contributed by atoms with Crippen molar-refractivity contribution in [2.45, 2.75) is 19.9 Å². The van der Waals surface area contributed by atoms with E-state index in [1.807, 2.05) is 35.1 Å². The number of hydrogen-bond acceptors (Lipinski definition) is 3. The molecule has 0 spiro atoms. The van der Waals surface area contributed by atoms with E-state index in [9.17, 15) is 0 Å². The zero-order chi connectivity index (χ0) is 13.7. The van der Waals surface area contributed by atoms with Crippen molar-refractivity contribution in [3.05, 3.63) is 41.7 Å². The van der Waals surface area contributed by atoms with Crippen LogP contribution in [0.3, 0.4) is 0 Å². The summed E-state index contributed by atoms with van der Waals surface area (Å²) in [5.41, 5.74) is 1.03. The largest absolute Gasteiger partial charge is 0.488 e. The zero-order valence-electron chi connectivity index (χ0n) is 11.1. The van der Waals surface area contributed by atoms with Crippen LogP contribution in [-0.4, -0.2) is 22.9 Å². The zero-order valence-corrected chi connectivity index (χ0v) is 11.9. The van der Waals surface area contributed by atoms with E-state index in [4.69, 9.17) is 16.3 Å². The molecule has 0 radical (unpaired) electrons. The van der Waals surface area contributed by atoms with E-state index in [2.05, 4.69) is 24.3 Å². The van der Waals surface area contributed by atoms with Gasteiger partial charge in [0.1, 0.15) is 6.61 Å². The average Bonchev–Trinajstić information content (AvgIpc) is 2.86. The first kappa shape index (κ1) is 13.7. The number of hydrogen-bond donors (Lipinski definition) is 1. The molecule has 1 N–H and O–H groups in total. The van der Waals surface area contributed by atoms with Gasteiger partial charge in [-0.15, -0.1) is 0 Å². The summed E-state index contributed by atoms with van der Waals surface area (Å²) < 4.78 is 7.49. The molecule has 19 heavy (non-hydrogen) atoms. The highest BCUT2D eigenvalue weighted by Gasteiger charge is 2.01. The highest BCUT2D eigenvalue weighted by molar-refractivity contribution is 6.30. The standard InChI is InChI=1S/C14H18ClN3O/c1-11(2)18-10-14(9-17-18)19-8-7-16-13-5-3-12(15)4-6-13/h3-6,9-11,16H,7-8H2,1-2H3. The normalized spacial score (nSPS) is 10.7. The Bertz CT molecular complexity index is 508. The molecule has 0 aliphatic carbocycles. The molecule has 102 valence electrons. The maximum atomic E-state index is 5.82. The van der Waals surface area contributed by atoms with Crippen molar-refractivity contribution < 1.29 is 4.74 Å². The number of aromatic nitrogens is 2. The molecule has 1 aromatic carbocycles. The van der Waals surface area contributed by atoms with Crippen LogP contribution >= 0.6 is 11.6 Å². The third-order valence-corrected chi connectivity index (χ3v) is 2.90. The average molecular weight is 280 g/mol. The number of benzene rings is 1. The van der Waals surface area contributed by atoms with Crippen LogP contribution in [0.25, 0.3) is 0 Å². The van der Waals surface area contributed by atoms with Crippen LogP contribution in [0.4, 0.5) is 5.69 Å². The van der Waals surface area contributed by atoms with Gasteiger partial charge in [-0.25, -0.2) is 0 Å². The van der Waals surface area contributed by atoms with Crippen molar-refractivity contribution in [3.63, 3.8) is 0 Å². The summed E-state index contributed by atoms with van der Waals surface area (Å²) in [6, 6.07) is 7.96. The first-order chi connectivity index (χ1) is 9.15. The van der Waals surface area contributed by atoms with Gasteiger partial charge in [-0.2, -0.15) is 5.10 Å². The van der Waals surface area contributed by atoms with E-state index < -0.39 is 0 Å². The minimum Gasteiger partial charge on any atom is -0.488 e. The predicted molar refractivity (Wildman–Crippen MR) is 78.0 cm³/mol. The lowest BCUT2D eigenvalue weighted by molar-refractivity contribution is 0.332. The summed E-state index contributed by atoms with van der Waals surface area (Å²) in [6.45, 7) is 5.48. The lowest BCUT2D eigenvalue weighted by Crippen LogP contribution is -2.11. The SMILES string of the molecule is CC(C)n1cc(OCCNc2ccc(Cl)cc2)cn1. The van der Waals surface area contributed by atoms with Crippen LogP contribution in [0.1, 0.15) is 19.9 Å². The third kappa shape index (κ3) is 4.17. The Labute approximate surface area is 118 Å². The molecule has 0 aliphatic rings. The molecule has 5 heteroatoms. The lowest BCUT2D eigenvalue weighted by atomic mass is 10.3. The van der Waals surface area contributed by atoms with Crippen LogP contribution in [-0.2, 0) is 0 Å². The Morgan fingerprint density at radius 3 is 2.68 bits per heavy atom. The summed E-state index contributed by atoms with van der Waals surface area (Å²) in [4.78, 5) is 0. The summed E-state index contributed by atoms with van der Waals surface area (Å²) >= 11 is 5.82. The summed E-state index contributed by atoms with van der Waals surface area (Å²) in [6.07, 6.45) is 3.65. The molecule has 1 heterocycles. The third-order valence-electron chi connectivity index (χ3n) is 2.65. The molecule has 0 aliphatic heterocycles. The molecule has 0 fully saturated rings. The van der Waals surface area contributed by atoms with Crippen LogP contribution < -0.4 is 10.1 Å². The van der Waals surface area contributed by atoms with Crippen molar-refractivity contribution in [2.24, 2.45) is 0 Å². The number of nitrogens with one attached hydrogen (secondary N) is 1. The summed E-state index contributed by atoms with van der Waals surface area (Å²) in [5.74, 6) is 0.798. The van der Waals surface area contributed by atoms with Gasteiger partial charge >= 0.3 is 0 Å². The van der Waals surface area contributed by atoms with Gasteiger partial charge in [0.05, 0.1) is 12.4 Å². The fraction of sp³-hybridized carbons (Fsp3) is 0.357. The van der Waals surface area contributed by atoms with Gasteiger partial charge in [0.25, 0.3) is 0 Å². The van der Waals surface area contributed by atoms with E-state index in [0.717, 1.165) is 23.0 Å². The molecule has 0 amide bonds. The maximum Gasteiger partial charge on any atom is 0.157 e. The molecule has 2 rings (SSSR count). The van der Waals surface area contributed by atoms with Gasteiger partial charge in [0, 0.05) is 23.3 Å². The van der Waals surface area contributed by atoms with Crippen LogP contribution in [0.15, 0.2) is 36.7 Å². The Morgan fingerprint density at radius 1 is 1.32 bits per heavy atom. The fourth-order valence-corrected chi connectivity index (χ4v) is 1.74. The quantitative estimate of drug-likeness (QED) is 0.821. The Morgan fingerprint density at radius 2 is 2.05 bits per heavy atom. The molecule has 2 aromatic rings. The van der Waals surface area contributed by atoms with Crippen molar-refractivity contribution in [2.75, 3.05) is 18.5 Å². The molecular weight excluding hydrogens is 262 g/mol. The molecule has 0 atom stereocenters. The van der Waals surface area contributed by atoms with Crippen LogP contribution in [0.5, 0.6) is 5.75 Å². The number of rotatable bonds is 6. The molecular formula is C14H18ClN3O.